The molecule has 468 valence electrons. The van der Waals surface area contributed by atoms with Gasteiger partial charge in [0.05, 0.1) is 121 Å². The number of amides is 7. The van der Waals surface area contributed by atoms with Gasteiger partial charge in [0.15, 0.2) is 29.2 Å². The highest BCUT2D eigenvalue weighted by Crippen LogP contribution is 2.43. The van der Waals surface area contributed by atoms with Crippen molar-refractivity contribution in [1.29, 1.82) is 0 Å². The van der Waals surface area contributed by atoms with Gasteiger partial charge in [0.2, 0.25) is 23.6 Å². The molecule has 0 aliphatic carbocycles. The van der Waals surface area contributed by atoms with Crippen LogP contribution >= 0.6 is 0 Å². The smallest absolute Gasteiger partial charge is 0.416 e. The fourth-order valence-corrected chi connectivity index (χ4v) is 9.55. The summed E-state index contributed by atoms with van der Waals surface area (Å²) in [4.78, 5) is 100. The molecule has 3 aromatic carbocycles. The molecule has 7 rings (SSSR count). The molecule has 0 bridgehead atoms. The monoisotopic (exact) mass is 1210 g/mol. The lowest BCUT2D eigenvalue weighted by Crippen LogP contribution is -2.50. The number of hydrogen-bond acceptors (Lipinski definition) is 18. The highest BCUT2D eigenvalue weighted by Gasteiger charge is 2.45. The maximum Gasteiger partial charge on any atom is 0.416 e. The lowest BCUT2D eigenvalue weighted by atomic mass is 10.1. The number of anilines is 2. The van der Waals surface area contributed by atoms with Crippen LogP contribution in [0.2, 0.25) is 0 Å². The summed E-state index contributed by atoms with van der Waals surface area (Å²) in [5.41, 5.74) is 3.59. The Morgan fingerprint density at radius 1 is 0.701 bits per heavy atom. The minimum absolute atomic E-state index is 0.00841. The Balaban J connectivity index is 0.864. The summed E-state index contributed by atoms with van der Waals surface area (Å²) in [6.07, 6.45) is 11.9. The number of carbonyl (C=O) groups is 7. The molecular formula is C62H78N8O17. The maximum absolute atomic E-state index is 14.3. The number of aliphatic imine (C=N–C) groups is 1. The van der Waals surface area contributed by atoms with Crippen LogP contribution in [0.1, 0.15) is 86.1 Å². The van der Waals surface area contributed by atoms with E-state index < -0.39 is 48.0 Å². The van der Waals surface area contributed by atoms with E-state index >= 15 is 0 Å². The lowest BCUT2D eigenvalue weighted by Gasteiger charge is -2.31. The summed E-state index contributed by atoms with van der Waals surface area (Å²) in [7, 11) is 2.91. The van der Waals surface area contributed by atoms with Crippen molar-refractivity contribution in [2.24, 2.45) is 4.99 Å². The van der Waals surface area contributed by atoms with Gasteiger partial charge < -0.3 is 78.8 Å². The lowest BCUT2D eigenvalue weighted by molar-refractivity contribution is -0.128. The van der Waals surface area contributed by atoms with Gasteiger partial charge in [-0.25, -0.2) is 9.69 Å². The van der Waals surface area contributed by atoms with E-state index in [0.29, 0.717) is 99.4 Å². The Morgan fingerprint density at radius 2 is 1.30 bits per heavy atom. The number of aliphatic hydroxyl groups is 1. The topological polar surface area (TPSA) is 293 Å². The fraction of sp³-hybridized carbons (Fsp3) is 0.452. The van der Waals surface area contributed by atoms with Crippen LogP contribution in [0.3, 0.4) is 0 Å². The Kier molecular flexibility index (Phi) is 25.3. The zero-order valence-corrected chi connectivity index (χ0v) is 50.0. The first-order valence-electron chi connectivity index (χ1n) is 28.9. The second kappa shape index (κ2) is 33.3. The average Bonchev–Trinajstić information content (AvgIpc) is 4.22. The number of ether oxygens (including phenoxy) is 9. The van der Waals surface area contributed by atoms with E-state index in [1.807, 2.05) is 44.4 Å². The molecule has 3 aromatic rings. The number of benzene rings is 3. The van der Waals surface area contributed by atoms with E-state index in [4.69, 9.17) is 42.6 Å². The summed E-state index contributed by atoms with van der Waals surface area (Å²) in [5.74, 6) is -1.14. The summed E-state index contributed by atoms with van der Waals surface area (Å²) >= 11 is 0. The zero-order valence-electron chi connectivity index (χ0n) is 50.0. The number of hydrogen-bond donors (Lipinski definition) is 5. The molecule has 0 fully saturated rings. The summed E-state index contributed by atoms with van der Waals surface area (Å²) in [6.45, 7) is 9.71. The third kappa shape index (κ3) is 18.4. The number of fused-ring (bicyclic) bond motifs is 4. The largest absolute Gasteiger partial charge is 0.493 e. The van der Waals surface area contributed by atoms with Gasteiger partial charge in [-0.3, -0.25) is 33.8 Å². The molecule has 0 saturated carbocycles. The van der Waals surface area contributed by atoms with Crippen LogP contribution in [0.25, 0.3) is 0 Å². The second-order valence-corrected chi connectivity index (χ2v) is 20.2. The number of aliphatic hydroxyl groups excluding tert-OH is 1. The Morgan fingerprint density at radius 3 is 1.94 bits per heavy atom. The summed E-state index contributed by atoms with van der Waals surface area (Å²) < 4.78 is 51.2. The van der Waals surface area contributed by atoms with Crippen LogP contribution in [0.4, 0.5) is 21.9 Å². The molecule has 1 unspecified atom stereocenters. The number of nitrogens with one attached hydrogen (secondary N) is 4. The molecule has 7 amide bonds. The first-order chi connectivity index (χ1) is 42.2. The first-order valence-corrected chi connectivity index (χ1v) is 28.9. The number of rotatable bonds is 33. The predicted octanol–water partition coefficient (Wildman–Crippen LogP) is 5.63. The van der Waals surface area contributed by atoms with Gasteiger partial charge in [-0.15, -0.1) is 0 Å². The highest BCUT2D eigenvalue weighted by atomic mass is 16.6. The third-order valence-corrected chi connectivity index (χ3v) is 14.0. The third-order valence-electron chi connectivity index (χ3n) is 14.0. The second-order valence-electron chi connectivity index (χ2n) is 20.2. The van der Waals surface area contributed by atoms with Crippen molar-refractivity contribution in [1.82, 2.24) is 25.8 Å². The van der Waals surface area contributed by atoms with Gasteiger partial charge >= 0.3 is 6.09 Å². The number of methoxy groups -OCH3 is 2. The Hall–Kier alpha value is -8.62. The molecule has 0 radical (unpaired) electrons. The van der Waals surface area contributed by atoms with Gasteiger partial charge in [0, 0.05) is 62.2 Å². The molecule has 0 saturated heterocycles. The molecule has 4 aliphatic rings. The van der Waals surface area contributed by atoms with Gasteiger partial charge in [0.25, 0.3) is 11.8 Å². The fourth-order valence-electron chi connectivity index (χ4n) is 9.55. The predicted molar refractivity (Wildman–Crippen MR) is 320 cm³/mol. The van der Waals surface area contributed by atoms with E-state index in [9.17, 15) is 38.7 Å². The number of nitrogens with zero attached hydrogens (tertiary/aromatic N) is 4. The molecule has 25 heteroatoms. The molecule has 4 aliphatic heterocycles. The van der Waals surface area contributed by atoms with Crippen LogP contribution < -0.4 is 45.1 Å². The quantitative estimate of drug-likeness (QED) is 0.0462. The average molecular weight is 1210 g/mol. The molecule has 0 spiro atoms. The standard InChI is InChI=1S/C62H78N8O17/c1-7-11-42-29-45-35-64-48-33-53(51(79-5)31-46(48)59(75)68(45)37-42)85-19-10-20-86-54-34-49-47(32-52(54)80-6)60(76)69-38-43(12-8-2)30-50(69)61(77)70(49)62(78)87-39-41-13-15-44(16-14-41)67-58(74)40(4)66-57(73)36-65-56(72)17-21-81-23-25-83-27-28-84-26-24-82-22-18-63-55(71)9-3/h7-8,11-16,31-35,37-38,40,45,50,61,77H,9-10,17-30,36,39H2,1-6H3,(H,63,71)(H,65,72)(H,66,73)(H,67,74)/b11-7+,12-8+/t40-,45?,50-,61-/m0/s1. The number of carbonyl (C=O) groups excluding carboxylic acids is 7. The van der Waals surface area contributed by atoms with Gasteiger partial charge in [-0.05, 0) is 74.6 Å². The maximum atomic E-state index is 14.3. The highest BCUT2D eigenvalue weighted by molar-refractivity contribution is 6.07. The molecule has 25 nitrogen and oxygen atoms in total. The van der Waals surface area contributed by atoms with E-state index in [1.54, 1.807) is 60.6 Å². The van der Waals surface area contributed by atoms with Crippen molar-refractivity contribution in [2.45, 2.75) is 90.8 Å². The Bertz CT molecular complexity index is 3070. The van der Waals surface area contributed by atoms with Crippen molar-refractivity contribution >= 4 is 64.8 Å². The summed E-state index contributed by atoms with van der Waals surface area (Å²) in [6, 6.07) is 10.6. The molecule has 4 heterocycles. The molecular weight excluding hydrogens is 1130 g/mol. The number of allylic oxidation sites excluding steroid dienone is 4. The van der Waals surface area contributed by atoms with E-state index in [0.717, 1.165) is 16.0 Å². The molecule has 5 N–H and O–H groups in total. The molecule has 4 atom stereocenters. The zero-order chi connectivity index (χ0) is 62.2. The van der Waals surface area contributed by atoms with E-state index in [1.165, 1.54) is 38.2 Å². The van der Waals surface area contributed by atoms with Crippen LogP contribution in [0.15, 0.2) is 101 Å². The van der Waals surface area contributed by atoms with Crippen molar-refractivity contribution < 1.29 is 81.3 Å². The first kappa shape index (κ1) is 65.9. The molecule has 87 heavy (non-hydrogen) atoms. The van der Waals surface area contributed by atoms with Crippen LogP contribution in [0, 0.1) is 0 Å². The van der Waals surface area contributed by atoms with Crippen molar-refractivity contribution in [3.8, 4) is 23.0 Å². The van der Waals surface area contributed by atoms with E-state index in [-0.39, 0.29) is 93.0 Å². The van der Waals surface area contributed by atoms with Crippen molar-refractivity contribution in [3.63, 3.8) is 0 Å². The van der Waals surface area contributed by atoms with Crippen molar-refractivity contribution in [2.75, 3.05) is 104 Å². The SMILES string of the molecule is C/C=C/C1=CN2C(=O)c3cc(OC)c(OCCCOc4cc5c(cc4OC)C(=O)N4C=C(/C=C/C)C[C@H]4[C@H](O)N5C(=O)OCc4ccc(NC(=O)[C@H](C)NC(=O)CNC(=O)CCOCCOCCOCCOCCNC(=O)CC)cc4)cc3N=CC2C1. The van der Waals surface area contributed by atoms with Crippen LogP contribution in [0.5, 0.6) is 23.0 Å². The minimum atomic E-state index is -1.57. The van der Waals surface area contributed by atoms with E-state index in [2.05, 4.69) is 26.3 Å². The molecule has 0 aromatic heterocycles. The van der Waals surface area contributed by atoms with Crippen molar-refractivity contribution in [3.05, 3.63) is 113 Å². The normalized spacial score (nSPS) is 17.1. The minimum Gasteiger partial charge on any atom is -0.493 e. The van der Waals surface area contributed by atoms with Crippen LogP contribution in [-0.2, 0) is 49.5 Å². The van der Waals surface area contributed by atoms with Gasteiger partial charge in [0.1, 0.15) is 12.6 Å². The van der Waals surface area contributed by atoms with Crippen LogP contribution in [-0.4, -0.2) is 180 Å². The van der Waals surface area contributed by atoms with Gasteiger partial charge in [-0.1, -0.05) is 43.4 Å². The summed E-state index contributed by atoms with van der Waals surface area (Å²) in [5, 5.41) is 22.6. The van der Waals surface area contributed by atoms with Gasteiger partial charge in [-0.2, -0.15) is 0 Å². The Labute approximate surface area is 505 Å².